The topological polar surface area (TPSA) is 47.6 Å². The molecule has 1 unspecified atom stereocenters. The Balaban J connectivity index is 2.53. The molecule has 0 aliphatic heterocycles. The van der Waals surface area contributed by atoms with E-state index in [0.29, 0.717) is 25.6 Å². The average Bonchev–Trinajstić information content (AvgIpc) is 2.44. The number of carbonyl (C=O) groups excluding carboxylic acids is 1. The van der Waals surface area contributed by atoms with E-state index in [1.165, 1.54) is 5.56 Å². The maximum absolute atomic E-state index is 11.7. The van der Waals surface area contributed by atoms with Crippen LogP contribution in [0.2, 0.25) is 0 Å². The molecular formula is C16H25NO3. The van der Waals surface area contributed by atoms with Gasteiger partial charge >= 0.3 is 5.97 Å². The number of ether oxygens (including phenoxy) is 2. The molecule has 20 heavy (non-hydrogen) atoms. The minimum atomic E-state index is -0.318. The molecule has 0 fully saturated rings. The van der Waals surface area contributed by atoms with Crippen molar-refractivity contribution in [1.29, 1.82) is 0 Å². The number of carbonyl (C=O) groups is 1. The van der Waals surface area contributed by atoms with Crippen LogP contribution in [0.3, 0.4) is 0 Å². The number of nitrogens with one attached hydrogen (secondary N) is 1. The number of benzene rings is 1. The van der Waals surface area contributed by atoms with Crippen LogP contribution in [0.15, 0.2) is 24.3 Å². The lowest BCUT2D eigenvalue weighted by atomic mass is 10.0. The summed E-state index contributed by atoms with van der Waals surface area (Å²) in [5.41, 5.74) is 1.18. The zero-order valence-corrected chi connectivity index (χ0v) is 12.8. The Labute approximate surface area is 121 Å². The number of esters is 1. The molecule has 1 N–H and O–H groups in total. The Morgan fingerprint density at radius 2 is 2.00 bits per heavy atom. The normalized spacial score (nSPS) is 12.2. The van der Waals surface area contributed by atoms with Gasteiger partial charge in [-0.15, -0.1) is 0 Å². The molecule has 0 radical (unpaired) electrons. The Morgan fingerprint density at radius 3 is 2.60 bits per heavy atom. The van der Waals surface area contributed by atoms with Crippen LogP contribution < -0.4 is 10.1 Å². The lowest BCUT2D eigenvalue weighted by Gasteiger charge is -2.17. The summed E-state index contributed by atoms with van der Waals surface area (Å²) in [5.74, 6) is 1.08. The van der Waals surface area contributed by atoms with Crippen molar-refractivity contribution < 1.29 is 14.3 Å². The zero-order valence-electron chi connectivity index (χ0n) is 12.8. The van der Waals surface area contributed by atoms with Gasteiger partial charge in [0.15, 0.2) is 0 Å². The van der Waals surface area contributed by atoms with Gasteiger partial charge in [-0.2, -0.15) is 0 Å². The van der Waals surface area contributed by atoms with Crippen LogP contribution in [0.25, 0.3) is 0 Å². The molecule has 1 rings (SSSR count). The van der Waals surface area contributed by atoms with Gasteiger partial charge in [0, 0.05) is 6.42 Å². The fourth-order valence-corrected chi connectivity index (χ4v) is 2.00. The number of hydrogen-bond acceptors (Lipinski definition) is 4. The van der Waals surface area contributed by atoms with Crippen molar-refractivity contribution in [2.45, 2.75) is 39.2 Å². The van der Waals surface area contributed by atoms with Crippen molar-refractivity contribution in [2.24, 2.45) is 0 Å². The molecule has 1 aromatic carbocycles. The molecule has 0 spiro atoms. The first kappa shape index (κ1) is 16.5. The molecule has 0 aromatic heterocycles. The van der Waals surface area contributed by atoms with Crippen LogP contribution >= 0.6 is 0 Å². The predicted octanol–water partition coefficient (Wildman–Crippen LogP) is 2.73. The molecular weight excluding hydrogens is 254 g/mol. The van der Waals surface area contributed by atoms with E-state index >= 15 is 0 Å². The van der Waals surface area contributed by atoms with Crippen molar-refractivity contribution in [3.05, 3.63) is 29.8 Å². The van der Waals surface area contributed by atoms with Gasteiger partial charge in [-0.3, -0.25) is 4.79 Å². The number of likely N-dealkylation sites (N-methyl/N-ethyl adjacent to an activating group) is 1. The first-order valence-electron chi connectivity index (χ1n) is 7.15. The summed E-state index contributed by atoms with van der Waals surface area (Å²) in [6.45, 7) is 6.95. The first-order chi connectivity index (χ1) is 9.60. The maximum atomic E-state index is 11.7. The van der Waals surface area contributed by atoms with Gasteiger partial charge in [-0.25, -0.2) is 0 Å². The third kappa shape index (κ3) is 4.85. The highest BCUT2D eigenvalue weighted by atomic mass is 16.5. The highest BCUT2D eigenvalue weighted by Crippen LogP contribution is 2.25. The third-order valence-corrected chi connectivity index (χ3v) is 3.12. The molecule has 0 saturated heterocycles. The molecule has 0 heterocycles. The summed E-state index contributed by atoms with van der Waals surface area (Å²) < 4.78 is 10.8. The standard InChI is InChI=1S/C16H25NO3/c1-5-19-16(18)14(17-4)10-11-20-15-9-7-6-8-13(15)12(2)3/h6-9,12,14,17H,5,10-11H2,1-4H3. The molecule has 0 aliphatic rings. The van der Waals surface area contributed by atoms with E-state index in [4.69, 9.17) is 9.47 Å². The monoisotopic (exact) mass is 279 g/mol. The Hall–Kier alpha value is -1.55. The second-order valence-electron chi connectivity index (χ2n) is 4.92. The lowest BCUT2D eigenvalue weighted by molar-refractivity contribution is -0.145. The second-order valence-corrected chi connectivity index (χ2v) is 4.92. The van der Waals surface area contributed by atoms with Crippen LogP contribution in [-0.4, -0.2) is 32.3 Å². The zero-order chi connectivity index (χ0) is 15.0. The van der Waals surface area contributed by atoms with E-state index in [0.717, 1.165) is 5.75 Å². The summed E-state index contributed by atoms with van der Waals surface area (Å²) in [7, 11) is 1.75. The van der Waals surface area contributed by atoms with Crippen LogP contribution in [0.4, 0.5) is 0 Å². The quantitative estimate of drug-likeness (QED) is 0.743. The lowest BCUT2D eigenvalue weighted by Crippen LogP contribution is -2.36. The fraction of sp³-hybridized carbons (Fsp3) is 0.562. The van der Waals surface area contributed by atoms with Crippen LogP contribution in [0.5, 0.6) is 5.75 Å². The summed E-state index contributed by atoms with van der Waals surface area (Å²) in [6.07, 6.45) is 0.585. The van der Waals surface area contributed by atoms with Gasteiger partial charge in [-0.1, -0.05) is 32.0 Å². The van der Waals surface area contributed by atoms with Gasteiger partial charge in [0.1, 0.15) is 11.8 Å². The third-order valence-electron chi connectivity index (χ3n) is 3.12. The smallest absolute Gasteiger partial charge is 0.323 e. The van der Waals surface area contributed by atoms with Gasteiger partial charge in [0.2, 0.25) is 0 Å². The molecule has 0 aliphatic carbocycles. The Morgan fingerprint density at radius 1 is 1.30 bits per heavy atom. The number of hydrogen-bond donors (Lipinski definition) is 1. The van der Waals surface area contributed by atoms with Crippen molar-refractivity contribution in [3.8, 4) is 5.75 Å². The van der Waals surface area contributed by atoms with Crippen LogP contribution in [-0.2, 0) is 9.53 Å². The molecule has 0 amide bonds. The van der Waals surface area contributed by atoms with Gasteiger partial charge in [0.05, 0.1) is 13.2 Å². The van der Waals surface area contributed by atoms with Gasteiger partial charge in [-0.05, 0) is 31.5 Å². The molecule has 1 aromatic rings. The molecule has 1 atom stereocenters. The van der Waals surface area contributed by atoms with Crippen LogP contribution in [0, 0.1) is 0 Å². The number of rotatable bonds is 8. The summed E-state index contributed by atoms with van der Waals surface area (Å²) in [6, 6.07) is 7.69. The van der Waals surface area contributed by atoms with E-state index in [1.54, 1.807) is 14.0 Å². The SMILES string of the molecule is CCOC(=O)C(CCOc1ccccc1C(C)C)NC. The molecule has 4 heteroatoms. The molecule has 112 valence electrons. The predicted molar refractivity (Wildman–Crippen MR) is 80.1 cm³/mol. The summed E-state index contributed by atoms with van der Waals surface area (Å²) in [4.78, 5) is 11.7. The Kier molecular flexibility index (Phi) is 7.09. The summed E-state index contributed by atoms with van der Waals surface area (Å²) >= 11 is 0. The second kappa shape index (κ2) is 8.59. The van der Waals surface area contributed by atoms with E-state index in [9.17, 15) is 4.79 Å². The van der Waals surface area contributed by atoms with E-state index in [-0.39, 0.29) is 12.0 Å². The maximum Gasteiger partial charge on any atom is 0.323 e. The molecule has 0 bridgehead atoms. The molecule has 4 nitrogen and oxygen atoms in total. The van der Waals surface area contributed by atoms with E-state index in [2.05, 4.69) is 25.2 Å². The van der Waals surface area contributed by atoms with Gasteiger partial charge in [0.25, 0.3) is 0 Å². The van der Waals surface area contributed by atoms with Crippen molar-refractivity contribution >= 4 is 5.97 Å². The van der Waals surface area contributed by atoms with Crippen LogP contribution in [0.1, 0.15) is 38.7 Å². The van der Waals surface area contributed by atoms with E-state index < -0.39 is 0 Å². The first-order valence-corrected chi connectivity index (χ1v) is 7.15. The highest BCUT2D eigenvalue weighted by Gasteiger charge is 2.17. The fourth-order valence-electron chi connectivity index (χ4n) is 2.00. The Bertz CT molecular complexity index is 418. The number of para-hydroxylation sites is 1. The molecule has 0 saturated carbocycles. The highest BCUT2D eigenvalue weighted by molar-refractivity contribution is 5.75. The van der Waals surface area contributed by atoms with Crippen molar-refractivity contribution in [2.75, 3.05) is 20.3 Å². The minimum Gasteiger partial charge on any atom is -0.493 e. The summed E-state index contributed by atoms with van der Waals surface area (Å²) in [5, 5.41) is 2.96. The minimum absolute atomic E-state index is 0.226. The van der Waals surface area contributed by atoms with Gasteiger partial charge < -0.3 is 14.8 Å². The largest absolute Gasteiger partial charge is 0.493 e. The van der Waals surface area contributed by atoms with Crippen molar-refractivity contribution in [3.63, 3.8) is 0 Å². The average molecular weight is 279 g/mol. The van der Waals surface area contributed by atoms with Crippen molar-refractivity contribution in [1.82, 2.24) is 5.32 Å². The van der Waals surface area contributed by atoms with E-state index in [1.807, 2.05) is 18.2 Å².